The molecule has 1 aromatic carbocycles. The van der Waals surface area contributed by atoms with Crippen LogP contribution in [0.4, 0.5) is 0 Å². The minimum absolute atomic E-state index is 0.273. The summed E-state index contributed by atoms with van der Waals surface area (Å²) in [7, 11) is 10.1. The van der Waals surface area contributed by atoms with Crippen molar-refractivity contribution in [3.05, 3.63) is 23.8 Å². The predicted octanol–water partition coefficient (Wildman–Crippen LogP) is 2.69. The molecule has 1 unspecified atom stereocenters. The molecule has 1 saturated carbocycles. The molecule has 1 N–H and O–H groups in total. The standard InChI is InChI=1S/C23H41N3O3/c1-24(2)13-14-25(3)16-19-11-12-22(23(15-19)28-5)29-18-21(27)17-26(4)20-9-7-6-8-10-20/h11-12,15,20-21,27H,6-10,13-14,16-18H2,1-5H3. The molecule has 0 bridgehead atoms. The van der Waals surface area contributed by atoms with Gasteiger partial charge in [0.1, 0.15) is 12.7 Å². The lowest BCUT2D eigenvalue weighted by Crippen LogP contribution is -2.40. The molecule has 0 aromatic heterocycles. The second-order valence-electron chi connectivity index (χ2n) is 8.72. The Morgan fingerprint density at radius 2 is 1.76 bits per heavy atom. The highest BCUT2D eigenvalue weighted by Crippen LogP contribution is 2.29. The number of nitrogens with zero attached hydrogens (tertiary/aromatic N) is 3. The van der Waals surface area contributed by atoms with Crippen molar-refractivity contribution in [2.45, 2.75) is 50.8 Å². The second kappa shape index (κ2) is 12.4. The zero-order valence-corrected chi connectivity index (χ0v) is 19.1. The van der Waals surface area contributed by atoms with Crippen molar-refractivity contribution in [3.8, 4) is 11.5 Å². The number of hydrogen-bond donors (Lipinski definition) is 1. The summed E-state index contributed by atoms with van der Waals surface area (Å²) in [4.78, 5) is 6.77. The lowest BCUT2D eigenvalue weighted by molar-refractivity contribution is 0.0553. The van der Waals surface area contributed by atoms with Gasteiger partial charge in [0.15, 0.2) is 11.5 Å². The van der Waals surface area contributed by atoms with Crippen LogP contribution in [-0.4, -0.2) is 93.5 Å². The van der Waals surface area contributed by atoms with Crippen LogP contribution in [0.15, 0.2) is 18.2 Å². The number of likely N-dealkylation sites (N-methyl/N-ethyl adjacent to an activating group) is 3. The van der Waals surface area contributed by atoms with Crippen molar-refractivity contribution in [1.29, 1.82) is 0 Å². The predicted molar refractivity (Wildman–Crippen MR) is 119 cm³/mol. The van der Waals surface area contributed by atoms with Crippen molar-refractivity contribution < 1.29 is 14.6 Å². The van der Waals surface area contributed by atoms with Gasteiger partial charge in [-0.2, -0.15) is 0 Å². The van der Waals surface area contributed by atoms with Gasteiger partial charge in [-0.05, 0) is 58.7 Å². The van der Waals surface area contributed by atoms with E-state index < -0.39 is 6.10 Å². The van der Waals surface area contributed by atoms with Gasteiger partial charge in [0, 0.05) is 32.2 Å². The van der Waals surface area contributed by atoms with Gasteiger partial charge in [0.25, 0.3) is 0 Å². The first-order valence-electron chi connectivity index (χ1n) is 10.9. The maximum atomic E-state index is 10.4. The molecule has 166 valence electrons. The molecule has 0 heterocycles. The molecule has 0 amide bonds. The Labute approximate surface area is 177 Å². The molecule has 6 heteroatoms. The normalized spacial score (nSPS) is 16.6. The van der Waals surface area contributed by atoms with E-state index in [0.717, 1.165) is 25.4 Å². The Kier molecular flexibility index (Phi) is 10.2. The molecule has 1 aliphatic carbocycles. The highest BCUT2D eigenvalue weighted by Gasteiger charge is 2.20. The van der Waals surface area contributed by atoms with Gasteiger partial charge in [-0.25, -0.2) is 0 Å². The van der Waals surface area contributed by atoms with Crippen LogP contribution in [0.25, 0.3) is 0 Å². The lowest BCUT2D eigenvalue weighted by Gasteiger charge is -2.32. The number of aliphatic hydroxyl groups is 1. The largest absolute Gasteiger partial charge is 0.493 e. The number of ether oxygens (including phenoxy) is 2. The first-order valence-corrected chi connectivity index (χ1v) is 10.9. The van der Waals surface area contributed by atoms with Crippen molar-refractivity contribution in [1.82, 2.24) is 14.7 Å². The van der Waals surface area contributed by atoms with Gasteiger partial charge in [0.2, 0.25) is 0 Å². The molecular weight excluding hydrogens is 366 g/mol. The zero-order valence-electron chi connectivity index (χ0n) is 19.1. The summed E-state index contributed by atoms with van der Waals surface area (Å²) >= 11 is 0. The summed E-state index contributed by atoms with van der Waals surface area (Å²) in [6, 6.07) is 6.65. The van der Waals surface area contributed by atoms with Crippen LogP contribution in [0.5, 0.6) is 11.5 Å². The number of aliphatic hydroxyl groups excluding tert-OH is 1. The summed E-state index contributed by atoms with van der Waals surface area (Å²) in [5, 5.41) is 10.4. The van der Waals surface area contributed by atoms with Crippen LogP contribution < -0.4 is 9.47 Å². The average Bonchev–Trinajstić information content (AvgIpc) is 2.71. The summed E-state index contributed by atoms with van der Waals surface area (Å²) in [6.07, 6.45) is 5.91. The Morgan fingerprint density at radius 1 is 1.03 bits per heavy atom. The van der Waals surface area contributed by atoms with Crippen LogP contribution in [0.1, 0.15) is 37.7 Å². The molecule has 6 nitrogen and oxygen atoms in total. The smallest absolute Gasteiger partial charge is 0.161 e. The molecule has 1 aliphatic rings. The molecule has 1 atom stereocenters. The topological polar surface area (TPSA) is 48.4 Å². The van der Waals surface area contributed by atoms with Crippen molar-refractivity contribution in [2.24, 2.45) is 0 Å². The van der Waals surface area contributed by atoms with E-state index in [2.05, 4.69) is 49.0 Å². The Bertz CT molecular complexity index is 591. The van der Waals surface area contributed by atoms with Crippen molar-refractivity contribution in [3.63, 3.8) is 0 Å². The Morgan fingerprint density at radius 3 is 2.41 bits per heavy atom. The van der Waals surface area contributed by atoms with E-state index >= 15 is 0 Å². The second-order valence-corrected chi connectivity index (χ2v) is 8.72. The first kappa shape index (κ1) is 23.9. The Hall–Kier alpha value is -1.34. The summed E-state index contributed by atoms with van der Waals surface area (Å²) in [5.41, 5.74) is 1.19. The third kappa shape index (κ3) is 8.51. The molecule has 0 radical (unpaired) electrons. The number of benzene rings is 1. The van der Waals surface area contributed by atoms with Crippen LogP contribution >= 0.6 is 0 Å². The van der Waals surface area contributed by atoms with E-state index in [-0.39, 0.29) is 6.61 Å². The summed E-state index contributed by atoms with van der Waals surface area (Å²) in [5.74, 6) is 1.41. The number of rotatable bonds is 12. The summed E-state index contributed by atoms with van der Waals surface area (Å²) in [6.45, 7) is 3.81. The van der Waals surface area contributed by atoms with Gasteiger partial charge in [0.05, 0.1) is 7.11 Å². The molecule has 1 aromatic rings. The molecule has 2 rings (SSSR count). The van der Waals surface area contributed by atoms with Crippen LogP contribution in [-0.2, 0) is 6.54 Å². The van der Waals surface area contributed by atoms with E-state index in [1.807, 2.05) is 12.1 Å². The maximum Gasteiger partial charge on any atom is 0.161 e. The van der Waals surface area contributed by atoms with E-state index in [9.17, 15) is 5.11 Å². The molecule has 0 saturated heterocycles. The number of hydrogen-bond acceptors (Lipinski definition) is 6. The van der Waals surface area contributed by atoms with E-state index in [0.29, 0.717) is 18.3 Å². The molecule has 1 fully saturated rings. The highest BCUT2D eigenvalue weighted by atomic mass is 16.5. The van der Waals surface area contributed by atoms with Crippen molar-refractivity contribution in [2.75, 3.05) is 61.5 Å². The van der Waals surface area contributed by atoms with Crippen LogP contribution in [0.3, 0.4) is 0 Å². The number of methoxy groups -OCH3 is 1. The van der Waals surface area contributed by atoms with E-state index in [4.69, 9.17) is 9.47 Å². The minimum atomic E-state index is -0.511. The summed E-state index contributed by atoms with van der Waals surface area (Å²) < 4.78 is 11.4. The minimum Gasteiger partial charge on any atom is -0.493 e. The van der Waals surface area contributed by atoms with Gasteiger partial charge in [-0.15, -0.1) is 0 Å². The quantitative estimate of drug-likeness (QED) is 0.575. The van der Waals surface area contributed by atoms with Gasteiger partial charge in [-0.3, -0.25) is 0 Å². The SMILES string of the molecule is COc1cc(CN(C)CCN(C)C)ccc1OCC(O)CN(C)C1CCCCC1. The van der Waals surface area contributed by atoms with Gasteiger partial charge in [-0.1, -0.05) is 25.3 Å². The Balaban J connectivity index is 1.83. The van der Waals surface area contributed by atoms with Crippen LogP contribution in [0.2, 0.25) is 0 Å². The molecule has 0 spiro atoms. The fraction of sp³-hybridized carbons (Fsp3) is 0.739. The molecular formula is C23H41N3O3. The van der Waals surface area contributed by atoms with Crippen LogP contribution in [0, 0.1) is 0 Å². The highest BCUT2D eigenvalue weighted by molar-refractivity contribution is 5.43. The van der Waals surface area contributed by atoms with Crippen molar-refractivity contribution >= 4 is 0 Å². The van der Waals surface area contributed by atoms with E-state index in [1.165, 1.54) is 37.7 Å². The van der Waals surface area contributed by atoms with Gasteiger partial charge < -0.3 is 29.3 Å². The zero-order chi connectivity index (χ0) is 21.2. The lowest BCUT2D eigenvalue weighted by atomic mass is 9.94. The third-order valence-corrected chi connectivity index (χ3v) is 5.74. The third-order valence-electron chi connectivity index (χ3n) is 5.74. The monoisotopic (exact) mass is 407 g/mol. The fourth-order valence-corrected chi connectivity index (χ4v) is 3.93. The fourth-order valence-electron chi connectivity index (χ4n) is 3.93. The van der Waals surface area contributed by atoms with E-state index in [1.54, 1.807) is 7.11 Å². The molecule has 29 heavy (non-hydrogen) atoms. The maximum absolute atomic E-state index is 10.4. The average molecular weight is 408 g/mol. The molecule has 0 aliphatic heterocycles. The van der Waals surface area contributed by atoms with Gasteiger partial charge >= 0.3 is 0 Å². The first-order chi connectivity index (χ1) is 13.9.